The lowest BCUT2D eigenvalue weighted by atomic mass is 10.00. The van der Waals surface area contributed by atoms with E-state index in [4.69, 9.17) is 0 Å². The van der Waals surface area contributed by atoms with Crippen LogP contribution in [0, 0.1) is 13.8 Å². The van der Waals surface area contributed by atoms with Gasteiger partial charge in [0.15, 0.2) is 4.34 Å². The van der Waals surface area contributed by atoms with Crippen LogP contribution in [0.4, 0.5) is 5.69 Å². The van der Waals surface area contributed by atoms with Crippen molar-refractivity contribution in [2.24, 2.45) is 0 Å². The van der Waals surface area contributed by atoms with Crippen LogP contribution in [0.1, 0.15) is 37.0 Å². The largest absolute Gasteiger partial charge is 0.311 e. The molecule has 1 amide bonds. The number of hydrogen-bond donors (Lipinski definition) is 0. The molecule has 0 aliphatic carbocycles. The molecular formula is C22H26N2OS2. The van der Waals surface area contributed by atoms with Crippen LogP contribution in [-0.4, -0.2) is 23.2 Å². The standard InChI is InChI=1S/C20H20N2OS2.C2H6/c1-13-6-8-17-15(10-13)4-3-9-22(17)19(23)12-24-20-21-16-7-5-14(2)11-18(16)25-20;1-2/h5-8,10-11H,3-4,9,12H2,1-2H3;1-2H3. The molecule has 142 valence electrons. The van der Waals surface area contributed by atoms with Crippen molar-refractivity contribution >= 4 is 44.9 Å². The van der Waals surface area contributed by atoms with Crippen LogP contribution in [0.3, 0.4) is 0 Å². The molecule has 0 bridgehead atoms. The number of thioether (sulfide) groups is 1. The molecule has 2 heterocycles. The third kappa shape index (κ3) is 4.53. The molecule has 0 radical (unpaired) electrons. The molecule has 27 heavy (non-hydrogen) atoms. The monoisotopic (exact) mass is 398 g/mol. The summed E-state index contributed by atoms with van der Waals surface area (Å²) in [4.78, 5) is 19.4. The number of aryl methyl sites for hydroxylation is 3. The Morgan fingerprint density at radius 3 is 2.70 bits per heavy atom. The zero-order chi connectivity index (χ0) is 19.4. The number of aromatic nitrogens is 1. The van der Waals surface area contributed by atoms with Crippen LogP contribution in [0.5, 0.6) is 0 Å². The van der Waals surface area contributed by atoms with Gasteiger partial charge in [-0.05, 0) is 56.0 Å². The van der Waals surface area contributed by atoms with Crippen molar-refractivity contribution in [3.8, 4) is 0 Å². The molecule has 0 saturated carbocycles. The summed E-state index contributed by atoms with van der Waals surface area (Å²) in [5.74, 6) is 0.608. The maximum atomic E-state index is 12.8. The SMILES string of the molecule is CC.Cc1ccc2c(c1)CCCN2C(=O)CSc1nc2ccc(C)cc2s1. The first-order chi connectivity index (χ1) is 13.1. The fraction of sp³-hybridized carbons (Fsp3) is 0.364. The van der Waals surface area contributed by atoms with Crippen molar-refractivity contribution < 1.29 is 4.79 Å². The summed E-state index contributed by atoms with van der Waals surface area (Å²) in [7, 11) is 0. The van der Waals surface area contributed by atoms with Gasteiger partial charge in [-0.15, -0.1) is 11.3 Å². The van der Waals surface area contributed by atoms with Crippen molar-refractivity contribution in [2.45, 2.75) is 44.9 Å². The molecule has 0 spiro atoms. The highest BCUT2D eigenvalue weighted by Gasteiger charge is 2.22. The molecule has 1 aliphatic rings. The van der Waals surface area contributed by atoms with Crippen LogP contribution in [0.15, 0.2) is 40.7 Å². The third-order valence-corrected chi connectivity index (χ3v) is 6.64. The van der Waals surface area contributed by atoms with Gasteiger partial charge in [0.1, 0.15) is 0 Å². The van der Waals surface area contributed by atoms with Gasteiger partial charge in [0.2, 0.25) is 5.91 Å². The van der Waals surface area contributed by atoms with Gasteiger partial charge in [-0.1, -0.05) is 49.4 Å². The Bertz CT molecular complexity index is 949. The first-order valence-corrected chi connectivity index (χ1v) is 11.3. The molecule has 4 rings (SSSR count). The number of nitrogens with zero attached hydrogens (tertiary/aromatic N) is 2. The van der Waals surface area contributed by atoms with E-state index in [2.05, 4.69) is 55.2 Å². The zero-order valence-corrected chi connectivity index (χ0v) is 18.0. The summed E-state index contributed by atoms with van der Waals surface area (Å²) >= 11 is 3.22. The van der Waals surface area contributed by atoms with Gasteiger partial charge >= 0.3 is 0 Å². The minimum atomic E-state index is 0.172. The first-order valence-electron chi connectivity index (χ1n) is 9.50. The van der Waals surface area contributed by atoms with Gasteiger partial charge in [0.05, 0.1) is 16.0 Å². The predicted molar refractivity (Wildman–Crippen MR) is 118 cm³/mol. The van der Waals surface area contributed by atoms with Gasteiger partial charge in [-0.25, -0.2) is 4.98 Å². The third-order valence-electron chi connectivity index (χ3n) is 4.50. The van der Waals surface area contributed by atoms with Gasteiger partial charge in [0, 0.05) is 12.2 Å². The zero-order valence-electron chi connectivity index (χ0n) is 16.4. The number of thiazole rings is 1. The van der Waals surface area contributed by atoms with E-state index in [1.54, 1.807) is 23.1 Å². The van der Waals surface area contributed by atoms with Crippen LogP contribution in [0.25, 0.3) is 10.2 Å². The molecule has 0 unspecified atom stereocenters. The van der Waals surface area contributed by atoms with E-state index in [1.807, 2.05) is 18.7 Å². The van der Waals surface area contributed by atoms with Crippen LogP contribution in [0.2, 0.25) is 0 Å². The van der Waals surface area contributed by atoms with E-state index in [0.717, 1.165) is 34.9 Å². The lowest BCUT2D eigenvalue weighted by Gasteiger charge is -2.29. The second-order valence-corrected chi connectivity index (χ2v) is 8.77. The van der Waals surface area contributed by atoms with E-state index in [0.29, 0.717) is 5.75 Å². The number of benzene rings is 2. The van der Waals surface area contributed by atoms with Gasteiger partial charge in [-0.2, -0.15) is 0 Å². The Morgan fingerprint density at radius 2 is 1.89 bits per heavy atom. The number of carbonyl (C=O) groups excluding carboxylic acids is 1. The first kappa shape index (κ1) is 19.9. The summed E-state index contributed by atoms with van der Waals surface area (Å²) in [5.41, 5.74) is 5.89. The van der Waals surface area contributed by atoms with Gasteiger partial charge < -0.3 is 4.90 Å². The van der Waals surface area contributed by atoms with E-state index in [-0.39, 0.29) is 5.91 Å². The Kier molecular flexibility index (Phi) is 6.55. The molecule has 1 aromatic heterocycles. The minimum absolute atomic E-state index is 0.172. The Hall–Kier alpha value is -1.85. The highest BCUT2D eigenvalue weighted by atomic mass is 32.2. The summed E-state index contributed by atoms with van der Waals surface area (Å²) in [6, 6.07) is 12.7. The topological polar surface area (TPSA) is 33.2 Å². The molecule has 5 heteroatoms. The second kappa shape index (κ2) is 8.89. The van der Waals surface area contributed by atoms with E-state index < -0.39 is 0 Å². The molecule has 0 saturated heterocycles. The molecule has 3 aromatic rings. The number of rotatable bonds is 3. The van der Waals surface area contributed by atoms with Crippen LogP contribution >= 0.6 is 23.1 Å². The molecule has 1 aliphatic heterocycles. The normalized spacial score (nSPS) is 13.1. The highest BCUT2D eigenvalue weighted by molar-refractivity contribution is 8.01. The summed E-state index contributed by atoms with van der Waals surface area (Å²) in [6.07, 6.45) is 2.10. The van der Waals surface area contributed by atoms with E-state index >= 15 is 0 Å². The number of fused-ring (bicyclic) bond motifs is 2. The highest BCUT2D eigenvalue weighted by Crippen LogP contribution is 2.32. The smallest absolute Gasteiger partial charge is 0.237 e. The van der Waals surface area contributed by atoms with Crippen molar-refractivity contribution in [1.82, 2.24) is 4.98 Å². The molecule has 3 nitrogen and oxygen atoms in total. The lowest BCUT2D eigenvalue weighted by molar-refractivity contribution is -0.116. The fourth-order valence-corrected chi connectivity index (χ4v) is 5.30. The molecule has 2 aromatic carbocycles. The van der Waals surface area contributed by atoms with E-state index in [9.17, 15) is 4.79 Å². The number of anilines is 1. The van der Waals surface area contributed by atoms with Crippen molar-refractivity contribution in [3.05, 3.63) is 53.1 Å². The molecule has 0 atom stereocenters. The van der Waals surface area contributed by atoms with Gasteiger partial charge in [-0.3, -0.25) is 4.79 Å². The predicted octanol–water partition coefficient (Wildman–Crippen LogP) is 6.01. The van der Waals surface area contributed by atoms with Crippen molar-refractivity contribution in [3.63, 3.8) is 0 Å². The van der Waals surface area contributed by atoms with Crippen LogP contribution in [-0.2, 0) is 11.2 Å². The Morgan fingerprint density at radius 1 is 1.15 bits per heavy atom. The van der Waals surface area contributed by atoms with Crippen molar-refractivity contribution in [2.75, 3.05) is 17.2 Å². The van der Waals surface area contributed by atoms with E-state index in [1.165, 1.54) is 21.4 Å². The average molecular weight is 399 g/mol. The summed E-state index contributed by atoms with van der Waals surface area (Å²) in [6.45, 7) is 9.01. The maximum Gasteiger partial charge on any atom is 0.237 e. The second-order valence-electron chi connectivity index (χ2n) is 6.52. The maximum absolute atomic E-state index is 12.8. The Labute approximate surface area is 169 Å². The molecule has 0 fully saturated rings. The lowest BCUT2D eigenvalue weighted by Crippen LogP contribution is -2.36. The number of amides is 1. The summed E-state index contributed by atoms with van der Waals surface area (Å²) in [5, 5.41) is 0. The van der Waals surface area contributed by atoms with Crippen molar-refractivity contribution in [1.29, 1.82) is 0 Å². The number of hydrogen-bond acceptors (Lipinski definition) is 4. The molecular weight excluding hydrogens is 372 g/mol. The average Bonchev–Trinajstić information content (AvgIpc) is 3.09. The Balaban J connectivity index is 0.00000102. The van der Waals surface area contributed by atoms with Gasteiger partial charge in [0.25, 0.3) is 0 Å². The van der Waals surface area contributed by atoms with Crippen LogP contribution < -0.4 is 4.90 Å². The molecule has 0 N–H and O–H groups in total. The minimum Gasteiger partial charge on any atom is -0.311 e. The summed E-state index contributed by atoms with van der Waals surface area (Å²) < 4.78 is 2.16. The number of carbonyl (C=O) groups is 1. The quantitative estimate of drug-likeness (QED) is 0.507. The fourth-order valence-electron chi connectivity index (χ4n) is 3.26.